The van der Waals surface area contributed by atoms with Gasteiger partial charge in [0.1, 0.15) is 23.4 Å². The van der Waals surface area contributed by atoms with E-state index in [2.05, 4.69) is 10.6 Å². The summed E-state index contributed by atoms with van der Waals surface area (Å²) in [5.41, 5.74) is 2.58. The van der Waals surface area contributed by atoms with Crippen LogP contribution >= 0.6 is 0 Å². The van der Waals surface area contributed by atoms with Crippen LogP contribution in [0.15, 0.2) is 42.5 Å². The lowest BCUT2D eigenvalue weighted by molar-refractivity contribution is -0.142. The molecule has 3 atom stereocenters. The van der Waals surface area contributed by atoms with Crippen LogP contribution in [-0.2, 0) is 14.3 Å². The van der Waals surface area contributed by atoms with Crippen molar-refractivity contribution in [2.24, 2.45) is 5.92 Å². The highest BCUT2D eigenvalue weighted by Gasteiger charge is 2.38. The predicted octanol–water partition coefficient (Wildman–Crippen LogP) is 6.56. The zero-order valence-electron chi connectivity index (χ0n) is 25.6. The van der Waals surface area contributed by atoms with E-state index in [-0.39, 0.29) is 17.7 Å². The average Bonchev–Trinajstić information content (AvgIpc) is 2.87. The van der Waals surface area contributed by atoms with E-state index in [1.54, 1.807) is 57.0 Å². The second-order valence-corrected chi connectivity index (χ2v) is 11.4. The fraction of sp³-hybridized carbons (Fsp3) is 0.531. The standard InChI is InChI=1S/C32H47N3O5/c1-10-12-17-35(30(37)27(23(5)11-2)34-31(38)40-32(6,7)8)28(24-19-21(3)18-22(4)20-24)29(36)33-25-13-15-26(39-9)16-14-25/h13-16,18-20,23,27-28H,10-12,17H2,1-9H3,(H,33,36)(H,34,38). The Labute approximate surface area is 239 Å². The van der Waals surface area contributed by atoms with Gasteiger partial charge in [-0.15, -0.1) is 0 Å². The third-order valence-corrected chi connectivity index (χ3v) is 6.66. The summed E-state index contributed by atoms with van der Waals surface area (Å²) in [6.07, 6.45) is 1.52. The van der Waals surface area contributed by atoms with E-state index >= 15 is 0 Å². The second kappa shape index (κ2) is 14.7. The number of benzene rings is 2. The van der Waals surface area contributed by atoms with Crippen molar-refractivity contribution in [3.8, 4) is 5.75 Å². The molecule has 8 nitrogen and oxygen atoms in total. The van der Waals surface area contributed by atoms with Crippen LogP contribution < -0.4 is 15.4 Å². The summed E-state index contributed by atoms with van der Waals surface area (Å²) < 4.78 is 10.7. The predicted molar refractivity (Wildman–Crippen MR) is 160 cm³/mol. The van der Waals surface area contributed by atoms with E-state index in [0.29, 0.717) is 36.4 Å². The molecular formula is C32H47N3O5. The molecule has 0 aliphatic rings. The molecule has 220 valence electrons. The third kappa shape index (κ3) is 9.57. The Morgan fingerprint density at radius 3 is 2.08 bits per heavy atom. The first kappa shape index (κ1) is 32.7. The molecular weight excluding hydrogens is 506 g/mol. The minimum atomic E-state index is -0.910. The van der Waals surface area contributed by atoms with Crippen LogP contribution in [0.4, 0.5) is 10.5 Å². The van der Waals surface area contributed by atoms with Crippen LogP contribution in [0.1, 0.15) is 83.5 Å². The number of rotatable bonds is 12. The van der Waals surface area contributed by atoms with E-state index < -0.39 is 23.8 Å². The Morgan fingerprint density at radius 2 is 1.57 bits per heavy atom. The van der Waals surface area contributed by atoms with Gasteiger partial charge < -0.3 is 25.0 Å². The van der Waals surface area contributed by atoms with Gasteiger partial charge in [0, 0.05) is 12.2 Å². The Bertz CT molecular complexity index is 1120. The van der Waals surface area contributed by atoms with Crippen molar-refractivity contribution in [1.82, 2.24) is 10.2 Å². The molecule has 3 amide bonds. The van der Waals surface area contributed by atoms with E-state index in [1.807, 2.05) is 52.8 Å². The lowest BCUT2D eigenvalue weighted by atomic mass is 9.94. The second-order valence-electron chi connectivity index (χ2n) is 11.4. The van der Waals surface area contributed by atoms with Gasteiger partial charge in [-0.2, -0.15) is 0 Å². The number of hydrogen-bond donors (Lipinski definition) is 2. The monoisotopic (exact) mass is 553 g/mol. The minimum absolute atomic E-state index is 0.186. The highest BCUT2D eigenvalue weighted by atomic mass is 16.6. The van der Waals surface area contributed by atoms with Crippen molar-refractivity contribution >= 4 is 23.6 Å². The molecule has 0 bridgehead atoms. The van der Waals surface area contributed by atoms with Crippen molar-refractivity contribution in [2.75, 3.05) is 19.0 Å². The van der Waals surface area contributed by atoms with Gasteiger partial charge in [-0.25, -0.2) is 4.79 Å². The number of alkyl carbamates (subject to hydrolysis) is 1. The van der Waals surface area contributed by atoms with E-state index in [9.17, 15) is 14.4 Å². The SMILES string of the molecule is CCCCN(C(=O)C(NC(=O)OC(C)(C)C)C(C)CC)C(C(=O)Nc1ccc(OC)cc1)c1cc(C)cc(C)c1. The molecule has 2 rings (SSSR count). The van der Waals surface area contributed by atoms with E-state index in [0.717, 1.165) is 17.5 Å². The third-order valence-electron chi connectivity index (χ3n) is 6.66. The maximum absolute atomic E-state index is 14.3. The zero-order valence-corrected chi connectivity index (χ0v) is 25.6. The maximum atomic E-state index is 14.3. The number of ether oxygens (including phenoxy) is 2. The van der Waals surface area contributed by atoms with E-state index in [4.69, 9.17) is 9.47 Å². The van der Waals surface area contributed by atoms with Crippen LogP contribution in [0.5, 0.6) is 5.75 Å². The van der Waals surface area contributed by atoms with Gasteiger partial charge in [0.2, 0.25) is 5.91 Å². The number of nitrogens with one attached hydrogen (secondary N) is 2. The van der Waals surface area contributed by atoms with Gasteiger partial charge >= 0.3 is 6.09 Å². The highest BCUT2D eigenvalue weighted by molar-refractivity contribution is 5.99. The summed E-state index contributed by atoms with van der Waals surface area (Å²) in [6, 6.07) is 11.2. The highest BCUT2D eigenvalue weighted by Crippen LogP contribution is 2.28. The summed E-state index contributed by atoms with van der Waals surface area (Å²) in [7, 11) is 1.58. The first-order valence-electron chi connectivity index (χ1n) is 14.1. The van der Waals surface area contributed by atoms with E-state index in [1.165, 1.54) is 0 Å². The van der Waals surface area contributed by atoms with Gasteiger partial charge in [0.15, 0.2) is 0 Å². The molecule has 0 radical (unpaired) electrons. The normalized spacial score (nSPS) is 13.5. The largest absolute Gasteiger partial charge is 0.497 e. The van der Waals surface area contributed by atoms with Crippen molar-refractivity contribution in [3.63, 3.8) is 0 Å². The van der Waals surface area contributed by atoms with Crippen LogP contribution in [0.2, 0.25) is 0 Å². The van der Waals surface area contributed by atoms with Gasteiger partial charge in [-0.05, 0) is 76.8 Å². The zero-order chi connectivity index (χ0) is 30.0. The van der Waals surface area contributed by atoms with Crippen molar-refractivity contribution in [2.45, 2.75) is 92.3 Å². The van der Waals surface area contributed by atoms with Gasteiger partial charge in [0.05, 0.1) is 7.11 Å². The Morgan fingerprint density at radius 1 is 0.975 bits per heavy atom. The summed E-state index contributed by atoms with van der Waals surface area (Å²) >= 11 is 0. The Hall–Kier alpha value is -3.55. The smallest absolute Gasteiger partial charge is 0.408 e. The van der Waals surface area contributed by atoms with Crippen LogP contribution in [0.25, 0.3) is 0 Å². The van der Waals surface area contributed by atoms with Crippen molar-refractivity contribution < 1.29 is 23.9 Å². The van der Waals surface area contributed by atoms with Gasteiger partial charge in [-0.1, -0.05) is 62.9 Å². The van der Waals surface area contributed by atoms with Gasteiger partial charge in [0.25, 0.3) is 5.91 Å². The van der Waals surface area contributed by atoms with Crippen LogP contribution in [0.3, 0.4) is 0 Å². The summed E-state index contributed by atoms with van der Waals surface area (Å²) in [5, 5.41) is 5.81. The van der Waals surface area contributed by atoms with Crippen LogP contribution in [-0.4, -0.2) is 48.1 Å². The number of carbonyl (C=O) groups is 3. The molecule has 0 aliphatic heterocycles. The number of unbranched alkanes of at least 4 members (excludes halogenated alkanes) is 1. The van der Waals surface area contributed by atoms with Gasteiger partial charge in [-0.3, -0.25) is 9.59 Å². The fourth-order valence-corrected chi connectivity index (χ4v) is 4.52. The average molecular weight is 554 g/mol. The lowest BCUT2D eigenvalue weighted by Crippen LogP contribution is -2.55. The minimum Gasteiger partial charge on any atom is -0.497 e. The maximum Gasteiger partial charge on any atom is 0.408 e. The molecule has 0 saturated carbocycles. The number of carbonyl (C=O) groups excluding carboxylic acids is 3. The number of anilines is 1. The van der Waals surface area contributed by atoms with Crippen LogP contribution in [0, 0.1) is 19.8 Å². The molecule has 0 fully saturated rings. The summed E-state index contributed by atoms with van der Waals surface area (Å²) in [5.74, 6) is -0.163. The first-order chi connectivity index (χ1) is 18.8. The first-order valence-corrected chi connectivity index (χ1v) is 14.1. The Balaban J connectivity index is 2.58. The molecule has 8 heteroatoms. The summed E-state index contributed by atoms with van der Waals surface area (Å²) in [4.78, 5) is 42.8. The number of methoxy groups -OCH3 is 1. The lowest BCUT2D eigenvalue weighted by Gasteiger charge is -2.36. The summed E-state index contributed by atoms with van der Waals surface area (Å²) in [6.45, 7) is 15.6. The topological polar surface area (TPSA) is 97.0 Å². The molecule has 40 heavy (non-hydrogen) atoms. The molecule has 0 spiro atoms. The Kier molecular flexibility index (Phi) is 12.0. The fourth-order valence-electron chi connectivity index (χ4n) is 4.52. The quantitative estimate of drug-likeness (QED) is 0.310. The van der Waals surface area contributed by atoms with Crippen molar-refractivity contribution in [1.29, 1.82) is 0 Å². The number of amides is 3. The molecule has 2 aromatic rings. The molecule has 0 aromatic heterocycles. The number of hydrogen-bond acceptors (Lipinski definition) is 5. The molecule has 2 N–H and O–H groups in total. The molecule has 0 heterocycles. The number of nitrogens with zero attached hydrogens (tertiary/aromatic N) is 1. The number of aryl methyl sites for hydroxylation is 2. The molecule has 2 aromatic carbocycles. The molecule has 3 unspecified atom stereocenters. The molecule has 0 saturated heterocycles. The molecule has 0 aliphatic carbocycles. The van der Waals surface area contributed by atoms with Crippen molar-refractivity contribution in [3.05, 3.63) is 59.2 Å².